The number of rotatable bonds is 10. The molecule has 1 aliphatic heterocycles. The molecular weight excluding hydrogens is 528 g/mol. The molecule has 1 unspecified atom stereocenters. The summed E-state index contributed by atoms with van der Waals surface area (Å²) in [6.45, 7) is 2.69. The summed E-state index contributed by atoms with van der Waals surface area (Å²) in [6.07, 6.45) is 3.71. The second-order valence-electron chi connectivity index (χ2n) is 8.70. The third-order valence-electron chi connectivity index (χ3n) is 5.95. The first-order valence-corrected chi connectivity index (χ1v) is 14.9. The maximum Gasteiger partial charge on any atom is 0.275 e. The fourth-order valence-electron chi connectivity index (χ4n) is 3.95. The molecule has 1 aliphatic rings. The molecule has 10 nitrogen and oxygen atoms in total. The minimum absolute atomic E-state index is 0.0505. The minimum Gasteiger partial charge on any atom is -0.494 e. The van der Waals surface area contributed by atoms with Crippen molar-refractivity contribution in [1.29, 1.82) is 0 Å². The van der Waals surface area contributed by atoms with Crippen molar-refractivity contribution < 1.29 is 26.4 Å². The fourth-order valence-corrected chi connectivity index (χ4v) is 4.98. The molecule has 0 aliphatic carbocycles. The van der Waals surface area contributed by atoms with Crippen molar-refractivity contribution in [3.8, 4) is 5.75 Å². The van der Waals surface area contributed by atoms with Crippen LogP contribution in [0.3, 0.4) is 0 Å². The lowest BCUT2D eigenvalue weighted by atomic mass is 10.1. The highest BCUT2D eigenvalue weighted by Crippen LogP contribution is 2.37. The number of nitrogens with zero attached hydrogens (tertiary/aromatic N) is 1. The molecular formula is C26H28N4O6S2. The van der Waals surface area contributed by atoms with Crippen LogP contribution in [0, 0.1) is 0 Å². The Labute approximate surface area is 222 Å². The normalized spacial score (nSPS) is 15.9. The number of hydrogen-bond acceptors (Lipinski definition) is 7. The van der Waals surface area contributed by atoms with Crippen molar-refractivity contribution in [1.82, 2.24) is 0 Å². The molecule has 1 atom stereocenters. The first-order chi connectivity index (χ1) is 18.0. The van der Waals surface area contributed by atoms with Crippen LogP contribution in [-0.4, -0.2) is 29.3 Å². The largest absolute Gasteiger partial charge is 0.494 e. The van der Waals surface area contributed by atoms with Gasteiger partial charge in [-0.2, -0.15) is 0 Å². The second kappa shape index (κ2) is 11.0. The van der Waals surface area contributed by atoms with E-state index in [4.69, 9.17) is 15.0 Å². The van der Waals surface area contributed by atoms with E-state index in [0.29, 0.717) is 23.7 Å². The van der Waals surface area contributed by atoms with E-state index >= 15 is 0 Å². The van der Waals surface area contributed by atoms with Crippen LogP contribution in [0.1, 0.15) is 31.4 Å². The van der Waals surface area contributed by atoms with Crippen LogP contribution in [0.2, 0.25) is 0 Å². The van der Waals surface area contributed by atoms with Gasteiger partial charge in [-0.25, -0.2) is 27.1 Å². The summed E-state index contributed by atoms with van der Waals surface area (Å²) in [6, 6.07) is 18.3. The van der Waals surface area contributed by atoms with Crippen LogP contribution in [0.15, 0.2) is 94.4 Å². The number of carbonyl (C=O) groups is 1. The van der Waals surface area contributed by atoms with E-state index in [1.807, 2.05) is 24.3 Å². The average Bonchev–Trinajstić information content (AvgIpc) is 3.19. The minimum atomic E-state index is -3.90. The van der Waals surface area contributed by atoms with E-state index in [1.165, 1.54) is 53.4 Å². The molecule has 38 heavy (non-hydrogen) atoms. The molecule has 0 saturated heterocycles. The summed E-state index contributed by atoms with van der Waals surface area (Å²) in [7, 11) is -7.75. The third-order valence-corrected chi connectivity index (χ3v) is 7.80. The third kappa shape index (κ3) is 6.22. The van der Waals surface area contributed by atoms with Crippen molar-refractivity contribution in [2.45, 2.75) is 35.6 Å². The molecule has 0 saturated carbocycles. The number of anilines is 2. The number of carbonyl (C=O) groups excluding carboxylic acids is 1. The van der Waals surface area contributed by atoms with Crippen LogP contribution in [0.4, 0.5) is 11.4 Å². The molecule has 0 bridgehead atoms. The predicted octanol–water partition coefficient (Wildman–Crippen LogP) is 3.24. The van der Waals surface area contributed by atoms with Crippen LogP contribution in [0.5, 0.6) is 5.75 Å². The van der Waals surface area contributed by atoms with E-state index in [0.717, 1.165) is 18.4 Å². The van der Waals surface area contributed by atoms with Crippen LogP contribution >= 0.6 is 0 Å². The second-order valence-corrected chi connectivity index (χ2v) is 11.8. The van der Waals surface area contributed by atoms with Crippen molar-refractivity contribution in [3.05, 3.63) is 90.1 Å². The number of benzene rings is 3. The molecule has 1 amide bonds. The van der Waals surface area contributed by atoms with E-state index < -0.39 is 26.1 Å². The molecule has 1 heterocycles. The van der Waals surface area contributed by atoms with Gasteiger partial charge in [-0.15, -0.1) is 0 Å². The molecule has 4 rings (SSSR count). The lowest BCUT2D eigenvalue weighted by Gasteiger charge is -2.25. The molecule has 0 aromatic heterocycles. The monoisotopic (exact) mass is 556 g/mol. The van der Waals surface area contributed by atoms with E-state index in [2.05, 4.69) is 12.2 Å². The zero-order chi connectivity index (χ0) is 27.5. The highest BCUT2D eigenvalue weighted by molar-refractivity contribution is 7.89. The Bertz CT molecular complexity index is 1550. The Morgan fingerprint density at radius 3 is 1.92 bits per heavy atom. The van der Waals surface area contributed by atoms with E-state index in [9.17, 15) is 21.6 Å². The van der Waals surface area contributed by atoms with Gasteiger partial charge in [-0.05, 0) is 78.7 Å². The van der Waals surface area contributed by atoms with Gasteiger partial charge in [0.2, 0.25) is 20.0 Å². The Morgan fingerprint density at radius 2 is 1.39 bits per heavy atom. The predicted molar refractivity (Wildman–Crippen MR) is 144 cm³/mol. The van der Waals surface area contributed by atoms with Crippen LogP contribution < -0.4 is 25.2 Å². The summed E-state index contributed by atoms with van der Waals surface area (Å²) in [5.41, 5.74) is 2.02. The van der Waals surface area contributed by atoms with Crippen molar-refractivity contribution in [2.24, 2.45) is 10.3 Å². The van der Waals surface area contributed by atoms with Crippen molar-refractivity contribution >= 4 is 37.3 Å². The van der Waals surface area contributed by atoms with Gasteiger partial charge in [0.15, 0.2) is 0 Å². The topological polar surface area (TPSA) is 162 Å². The maximum absolute atomic E-state index is 13.6. The van der Waals surface area contributed by atoms with Gasteiger partial charge in [-0.3, -0.25) is 9.69 Å². The lowest BCUT2D eigenvalue weighted by molar-refractivity contribution is -0.114. The molecule has 3 aromatic rings. The summed E-state index contributed by atoms with van der Waals surface area (Å²) < 4.78 is 52.3. The number of primary sulfonamides is 2. The number of hydrogen-bond donors (Lipinski definition) is 3. The van der Waals surface area contributed by atoms with Crippen molar-refractivity contribution in [2.75, 3.05) is 16.8 Å². The molecule has 0 spiro atoms. The fraction of sp³-hybridized carbons (Fsp3) is 0.192. The summed E-state index contributed by atoms with van der Waals surface area (Å²) in [4.78, 5) is 15.0. The highest BCUT2D eigenvalue weighted by atomic mass is 32.2. The number of nitrogens with one attached hydrogen (secondary N) is 1. The Hall–Kier alpha value is -3.71. The number of ether oxygens (including phenoxy) is 1. The first kappa shape index (κ1) is 27.3. The van der Waals surface area contributed by atoms with Crippen LogP contribution in [0.25, 0.3) is 0 Å². The van der Waals surface area contributed by atoms with Gasteiger partial charge in [0.1, 0.15) is 11.4 Å². The number of amides is 1. The van der Waals surface area contributed by atoms with Gasteiger partial charge in [-0.1, -0.05) is 25.5 Å². The zero-order valence-corrected chi connectivity index (χ0v) is 22.2. The maximum atomic E-state index is 13.6. The molecule has 0 radical (unpaired) electrons. The molecule has 0 fully saturated rings. The standard InChI is InChI=1S/C26H28N4O6S2/c1-2-3-16-36-21-10-4-18(5-11-21)25-17-24(29-19-6-12-22(13-7-19)37(27,32)33)26(31)30(25)20-8-14-23(15-9-20)38(28,34)35/h4-15,17,25,29H,2-3,16H2,1H3,(H2,27,32,33)(H2,28,34,35). The van der Waals surface area contributed by atoms with Gasteiger partial charge >= 0.3 is 0 Å². The quantitative estimate of drug-likeness (QED) is 0.323. The molecule has 5 N–H and O–H groups in total. The molecule has 200 valence electrons. The number of sulfonamides is 2. The summed E-state index contributed by atoms with van der Waals surface area (Å²) in [5, 5.41) is 13.4. The van der Waals surface area contributed by atoms with Gasteiger partial charge in [0, 0.05) is 11.4 Å². The van der Waals surface area contributed by atoms with Gasteiger partial charge in [0.05, 0.1) is 22.4 Å². The number of nitrogens with two attached hydrogens (primary N) is 2. The smallest absolute Gasteiger partial charge is 0.275 e. The zero-order valence-electron chi connectivity index (χ0n) is 20.6. The Balaban J connectivity index is 1.66. The average molecular weight is 557 g/mol. The molecule has 3 aromatic carbocycles. The Morgan fingerprint density at radius 1 is 0.842 bits per heavy atom. The van der Waals surface area contributed by atoms with Crippen molar-refractivity contribution in [3.63, 3.8) is 0 Å². The Kier molecular flexibility index (Phi) is 7.88. The summed E-state index contributed by atoms with van der Waals surface area (Å²) in [5.74, 6) is 0.352. The SMILES string of the molecule is CCCCOc1ccc(C2C=C(Nc3ccc(S(N)(=O)=O)cc3)C(=O)N2c2ccc(S(N)(=O)=O)cc2)cc1. The summed E-state index contributed by atoms with van der Waals surface area (Å²) >= 11 is 0. The number of unbranched alkanes of at least 4 members (excludes halogenated alkanes) is 1. The first-order valence-electron chi connectivity index (χ1n) is 11.8. The van der Waals surface area contributed by atoms with Gasteiger partial charge < -0.3 is 10.1 Å². The van der Waals surface area contributed by atoms with E-state index in [1.54, 1.807) is 6.08 Å². The van der Waals surface area contributed by atoms with E-state index in [-0.39, 0.29) is 21.4 Å². The lowest BCUT2D eigenvalue weighted by Crippen LogP contribution is -2.30. The van der Waals surface area contributed by atoms with Crippen LogP contribution in [-0.2, 0) is 24.8 Å². The molecule has 12 heteroatoms. The highest BCUT2D eigenvalue weighted by Gasteiger charge is 2.35. The van der Waals surface area contributed by atoms with Gasteiger partial charge in [0.25, 0.3) is 5.91 Å².